The van der Waals surface area contributed by atoms with Gasteiger partial charge in [-0.1, -0.05) is 0 Å². The molecule has 0 aliphatic heterocycles. The molecule has 1 aromatic carbocycles. The van der Waals surface area contributed by atoms with Gasteiger partial charge in [0, 0.05) is 11.8 Å². The Labute approximate surface area is 123 Å². The maximum absolute atomic E-state index is 12.1. The summed E-state index contributed by atoms with van der Waals surface area (Å²) < 4.78 is 12.0. The predicted octanol–water partition coefficient (Wildman–Crippen LogP) is 2.16. The number of nitrogens with one attached hydrogen (secondary N) is 1. The van der Waals surface area contributed by atoms with Gasteiger partial charge in [0.2, 0.25) is 5.91 Å². The minimum Gasteiger partial charge on any atom is -0.497 e. The minimum absolute atomic E-state index is 0.153. The molecule has 6 nitrogen and oxygen atoms in total. The molecule has 0 saturated heterocycles. The van der Waals surface area contributed by atoms with Crippen molar-refractivity contribution in [2.75, 3.05) is 19.5 Å². The van der Waals surface area contributed by atoms with E-state index in [0.717, 1.165) is 11.4 Å². The number of methoxy groups -OCH3 is 2. The van der Waals surface area contributed by atoms with Crippen LogP contribution in [0.2, 0.25) is 0 Å². The lowest BCUT2D eigenvalue weighted by atomic mass is 10.2. The van der Waals surface area contributed by atoms with Crippen molar-refractivity contribution in [1.29, 1.82) is 0 Å². The average molecular weight is 289 g/mol. The number of hydrogen-bond acceptors (Lipinski definition) is 4. The van der Waals surface area contributed by atoms with Gasteiger partial charge in [0.15, 0.2) is 0 Å². The van der Waals surface area contributed by atoms with E-state index < -0.39 is 0 Å². The third kappa shape index (κ3) is 3.53. The van der Waals surface area contributed by atoms with Crippen LogP contribution >= 0.6 is 0 Å². The monoisotopic (exact) mass is 289 g/mol. The van der Waals surface area contributed by atoms with Crippen LogP contribution in [0.4, 0.5) is 5.69 Å². The van der Waals surface area contributed by atoms with E-state index in [1.165, 1.54) is 0 Å². The zero-order valence-corrected chi connectivity index (χ0v) is 12.6. The fraction of sp³-hybridized carbons (Fsp3) is 0.333. The molecule has 0 saturated carbocycles. The Morgan fingerprint density at radius 3 is 2.57 bits per heavy atom. The van der Waals surface area contributed by atoms with Gasteiger partial charge >= 0.3 is 0 Å². The number of benzene rings is 1. The summed E-state index contributed by atoms with van der Waals surface area (Å²) in [5.41, 5.74) is 2.41. The van der Waals surface area contributed by atoms with E-state index in [2.05, 4.69) is 10.4 Å². The van der Waals surface area contributed by atoms with Crippen LogP contribution in [0.25, 0.3) is 0 Å². The van der Waals surface area contributed by atoms with Gasteiger partial charge in [-0.15, -0.1) is 0 Å². The Hall–Kier alpha value is -2.50. The summed E-state index contributed by atoms with van der Waals surface area (Å²) in [5.74, 6) is 1.06. The third-order valence-corrected chi connectivity index (χ3v) is 3.08. The van der Waals surface area contributed by atoms with Crippen molar-refractivity contribution < 1.29 is 14.3 Å². The van der Waals surface area contributed by atoms with E-state index in [0.29, 0.717) is 17.2 Å². The van der Waals surface area contributed by atoms with E-state index in [4.69, 9.17) is 9.47 Å². The van der Waals surface area contributed by atoms with Crippen LogP contribution in [0.3, 0.4) is 0 Å². The Kier molecular flexibility index (Phi) is 4.47. The number of anilines is 1. The number of carbonyl (C=O) groups excluding carboxylic acids is 1. The molecule has 1 heterocycles. The molecule has 21 heavy (non-hydrogen) atoms. The SMILES string of the molecule is COc1ccc(OC)c(NC(=O)Cn2nc(C)cc2C)c1. The van der Waals surface area contributed by atoms with Crippen LogP contribution in [0.15, 0.2) is 24.3 Å². The van der Waals surface area contributed by atoms with Gasteiger partial charge in [0.1, 0.15) is 18.0 Å². The van der Waals surface area contributed by atoms with Gasteiger partial charge in [-0.25, -0.2) is 0 Å². The Balaban J connectivity index is 2.13. The summed E-state index contributed by atoms with van der Waals surface area (Å²) in [5, 5.41) is 7.08. The molecule has 0 fully saturated rings. The second-order valence-corrected chi connectivity index (χ2v) is 4.70. The van der Waals surface area contributed by atoms with Gasteiger partial charge in [-0.3, -0.25) is 9.48 Å². The number of aryl methyl sites for hydroxylation is 2. The molecular weight excluding hydrogens is 270 g/mol. The lowest BCUT2D eigenvalue weighted by Gasteiger charge is -2.12. The number of rotatable bonds is 5. The molecule has 2 rings (SSSR count). The van der Waals surface area contributed by atoms with Crippen molar-refractivity contribution in [3.8, 4) is 11.5 Å². The highest BCUT2D eigenvalue weighted by Crippen LogP contribution is 2.28. The zero-order valence-electron chi connectivity index (χ0n) is 12.6. The first kappa shape index (κ1) is 14.9. The smallest absolute Gasteiger partial charge is 0.246 e. The van der Waals surface area contributed by atoms with E-state index in [-0.39, 0.29) is 12.5 Å². The van der Waals surface area contributed by atoms with Gasteiger partial charge in [0.05, 0.1) is 25.6 Å². The van der Waals surface area contributed by atoms with Crippen LogP contribution in [0.5, 0.6) is 11.5 Å². The second-order valence-electron chi connectivity index (χ2n) is 4.70. The summed E-state index contributed by atoms with van der Waals surface area (Å²) in [7, 11) is 3.13. The van der Waals surface area contributed by atoms with E-state index in [9.17, 15) is 4.79 Å². The maximum Gasteiger partial charge on any atom is 0.246 e. The fourth-order valence-electron chi connectivity index (χ4n) is 2.07. The van der Waals surface area contributed by atoms with Crippen molar-refractivity contribution in [3.63, 3.8) is 0 Å². The van der Waals surface area contributed by atoms with Gasteiger partial charge in [0.25, 0.3) is 0 Å². The lowest BCUT2D eigenvalue weighted by molar-refractivity contribution is -0.116. The topological polar surface area (TPSA) is 65.4 Å². The van der Waals surface area contributed by atoms with Crippen molar-refractivity contribution in [2.45, 2.75) is 20.4 Å². The minimum atomic E-state index is -0.173. The standard InChI is InChI=1S/C15H19N3O3/c1-10-7-11(2)18(17-10)9-15(19)16-13-8-12(20-3)5-6-14(13)21-4/h5-8H,9H2,1-4H3,(H,16,19). The Morgan fingerprint density at radius 2 is 2.00 bits per heavy atom. The highest BCUT2D eigenvalue weighted by molar-refractivity contribution is 5.92. The molecule has 0 spiro atoms. The number of ether oxygens (including phenoxy) is 2. The molecule has 0 bridgehead atoms. The van der Waals surface area contributed by atoms with Crippen molar-refractivity contribution in [3.05, 3.63) is 35.7 Å². The highest BCUT2D eigenvalue weighted by Gasteiger charge is 2.11. The van der Waals surface area contributed by atoms with Crippen molar-refractivity contribution in [2.24, 2.45) is 0 Å². The summed E-state index contributed by atoms with van der Waals surface area (Å²) in [4.78, 5) is 12.1. The average Bonchev–Trinajstić information content (AvgIpc) is 2.76. The predicted molar refractivity (Wildman–Crippen MR) is 79.9 cm³/mol. The largest absolute Gasteiger partial charge is 0.497 e. The molecule has 2 aromatic rings. The molecular formula is C15H19N3O3. The summed E-state index contributed by atoms with van der Waals surface area (Å²) in [6.07, 6.45) is 0. The van der Waals surface area contributed by atoms with Crippen molar-refractivity contribution in [1.82, 2.24) is 9.78 Å². The number of nitrogens with zero attached hydrogens (tertiary/aromatic N) is 2. The molecule has 0 radical (unpaired) electrons. The molecule has 112 valence electrons. The first-order chi connectivity index (χ1) is 10.0. The van der Waals surface area contributed by atoms with Crippen LogP contribution in [0.1, 0.15) is 11.4 Å². The third-order valence-electron chi connectivity index (χ3n) is 3.08. The van der Waals surface area contributed by atoms with Crippen LogP contribution in [-0.4, -0.2) is 29.9 Å². The van der Waals surface area contributed by atoms with E-state index in [1.807, 2.05) is 19.9 Å². The summed E-state index contributed by atoms with van der Waals surface area (Å²) in [6.45, 7) is 3.96. The zero-order chi connectivity index (χ0) is 15.4. The molecule has 0 unspecified atom stereocenters. The summed E-state index contributed by atoms with van der Waals surface area (Å²) >= 11 is 0. The van der Waals surface area contributed by atoms with Gasteiger partial charge in [-0.05, 0) is 32.0 Å². The number of aromatic nitrogens is 2. The van der Waals surface area contributed by atoms with E-state index in [1.54, 1.807) is 37.1 Å². The molecule has 1 N–H and O–H groups in total. The van der Waals surface area contributed by atoms with Crippen molar-refractivity contribution >= 4 is 11.6 Å². The quantitative estimate of drug-likeness (QED) is 0.916. The molecule has 6 heteroatoms. The molecule has 1 aromatic heterocycles. The number of hydrogen-bond donors (Lipinski definition) is 1. The number of carbonyl (C=O) groups is 1. The van der Waals surface area contributed by atoms with Crippen LogP contribution in [-0.2, 0) is 11.3 Å². The first-order valence-corrected chi connectivity index (χ1v) is 6.56. The first-order valence-electron chi connectivity index (χ1n) is 6.56. The van der Waals surface area contributed by atoms with Gasteiger partial charge in [-0.2, -0.15) is 5.10 Å². The van der Waals surface area contributed by atoms with E-state index >= 15 is 0 Å². The maximum atomic E-state index is 12.1. The normalized spacial score (nSPS) is 10.3. The van der Waals surface area contributed by atoms with Crippen LogP contribution in [0, 0.1) is 13.8 Å². The Morgan fingerprint density at radius 1 is 1.24 bits per heavy atom. The molecule has 0 aliphatic rings. The van der Waals surface area contributed by atoms with Gasteiger partial charge < -0.3 is 14.8 Å². The molecule has 0 atom stereocenters. The lowest BCUT2D eigenvalue weighted by Crippen LogP contribution is -2.20. The fourth-order valence-corrected chi connectivity index (χ4v) is 2.07. The highest BCUT2D eigenvalue weighted by atomic mass is 16.5. The number of amides is 1. The second kappa shape index (κ2) is 6.30. The molecule has 0 aliphatic carbocycles. The Bertz CT molecular complexity index is 650. The van der Waals surface area contributed by atoms with Crippen LogP contribution < -0.4 is 14.8 Å². The molecule has 1 amide bonds. The summed E-state index contributed by atoms with van der Waals surface area (Å²) in [6, 6.07) is 7.17.